The lowest BCUT2D eigenvalue weighted by Crippen LogP contribution is -2.35. The van der Waals surface area contributed by atoms with Gasteiger partial charge in [-0.25, -0.2) is 4.39 Å². The van der Waals surface area contributed by atoms with Crippen LogP contribution in [0.1, 0.15) is 102 Å². The van der Waals surface area contributed by atoms with Crippen LogP contribution in [-0.2, 0) is 12.8 Å². The monoisotopic (exact) mass is 450 g/mol. The average molecular weight is 451 g/mol. The van der Waals surface area contributed by atoms with Crippen molar-refractivity contribution in [3.63, 3.8) is 0 Å². The molecule has 4 heteroatoms. The highest BCUT2D eigenvalue weighted by atomic mass is 19.3. The fraction of sp³-hybridized carbons (Fsp3) is 0.786. The topological polar surface area (TPSA) is 9.23 Å². The zero-order chi connectivity index (χ0) is 22.5. The number of alkyl halides is 2. The second-order valence-electron chi connectivity index (χ2n) is 10.9. The van der Waals surface area contributed by atoms with Gasteiger partial charge in [-0.05, 0) is 98.1 Å². The molecule has 0 saturated heterocycles. The van der Waals surface area contributed by atoms with Crippen LogP contribution in [0.25, 0.3) is 0 Å². The van der Waals surface area contributed by atoms with Crippen LogP contribution in [0.5, 0.6) is 5.75 Å². The Labute approximate surface area is 192 Å². The Morgan fingerprint density at radius 1 is 0.875 bits per heavy atom. The Bertz CT molecular complexity index is 734. The average Bonchev–Trinajstić information content (AvgIpc) is 2.80. The van der Waals surface area contributed by atoms with Crippen molar-refractivity contribution < 1.29 is 17.9 Å². The van der Waals surface area contributed by atoms with Crippen LogP contribution < -0.4 is 4.74 Å². The Morgan fingerprint density at radius 3 is 2.38 bits per heavy atom. The highest BCUT2D eigenvalue weighted by Crippen LogP contribution is 2.49. The van der Waals surface area contributed by atoms with E-state index in [4.69, 9.17) is 0 Å². The molecule has 5 unspecified atom stereocenters. The molecule has 3 aliphatic carbocycles. The fourth-order valence-corrected chi connectivity index (χ4v) is 7.15. The molecule has 32 heavy (non-hydrogen) atoms. The van der Waals surface area contributed by atoms with Gasteiger partial charge in [0.25, 0.3) is 0 Å². The maximum absolute atomic E-state index is 14.6. The maximum Gasteiger partial charge on any atom is 0.387 e. The van der Waals surface area contributed by atoms with Gasteiger partial charge in [-0.1, -0.05) is 57.9 Å². The second kappa shape index (κ2) is 11.3. The number of halogens is 3. The van der Waals surface area contributed by atoms with Crippen molar-refractivity contribution in [2.75, 3.05) is 0 Å². The van der Waals surface area contributed by atoms with E-state index in [9.17, 15) is 13.2 Å². The molecule has 0 bridgehead atoms. The van der Waals surface area contributed by atoms with E-state index in [-0.39, 0.29) is 5.75 Å². The summed E-state index contributed by atoms with van der Waals surface area (Å²) in [7, 11) is 0. The molecule has 2 fully saturated rings. The lowest BCUT2D eigenvalue weighted by Gasteiger charge is -2.45. The van der Waals surface area contributed by atoms with Gasteiger partial charge >= 0.3 is 6.61 Å². The number of benzene rings is 1. The standard InChI is InChI=1S/C28H41F3O/c1-2-3-4-5-6-7-19-8-9-21-17-22(11-10-20(21)16-19)23-12-14-25-24(18-23)13-15-26(27(25)29)32-28(30)31/h13,15,19-23,28H,2-12,14,16-18H2,1H3. The van der Waals surface area contributed by atoms with Gasteiger partial charge in [-0.15, -0.1) is 0 Å². The largest absolute Gasteiger partial charge is 0.432 e. The lowest BCUT2D eigenvalue weighted by molar-refractivity contribution is -0.0523. The van der Waals surface area contributed by atoms with E-state index in [1.807, 2.05) is 6.07 Å². The van der Waals surface area contributed by atoms with Gasteiger partial charge in [0.2, 0.25) is 0 Å². The van der Waals surface area contributed by atoms with Crippen LogP contribution in [0, 0.1) is 35.4 Å². The first kappa shape index (κ1) is 24.0. The third-order valence-electron chi connectivity index (χ3n) is 8.91. The molecule has 0 aliphatic heterocycles. The van der Waals surface area contributed by atoms with E-state index in [2.05, 4.69) is 11.7 Å². The number of hydrogen-bond donors (Lipinski definition) is 0. The predicted molar refractivity (Wildman–Crippen MR) is 124 cm³/mol. The minimum Gasteiger partial charge on any atom is -0.432 e. The van der Waals surface area contributed by atoms with Crippen molar-refractivity contribution in [3.8, 4) is 5.75 Å². The number of unbranched alkanes of at least 4 members (excludes halogenated alkanes) is 4. The minimum absolute atomic E-state index is 0.306. The first-order valence-electron chi connectivity index (χ1n) is 13.3. The molecule has 1 aromatic carbocycles. The van der Waals surface area contributed by atoms with Crippen LogP contribution in [-0.4, -0.2) is 6.61 Å². The summed E-state index contributed by atoms with van der Waals surface area (Å²) in [5.41, 5.74) is 1.61. The maximum atomic E-state index is 14.6. The Morgan fingerprint density at radius 2 is 1.59 bits per heavy atom. The minimum atomic E-state index is -2.98. The molecule has 1 aromatic rings. The predicted octanol–water partition coefficient (Wildman–Crippen LogP) is 8.73. The summed E-state index contributed by atoms with van der Waals surface area (Å²) >= 11 is 0. The van der Waals surface area contributed by atoms with E-state index in [1.165, 1.54) is 83.1 Å². The molecule has 0 heterocycles. The van der Waals surface area contributed by atoms with Crippen LogP contribution in [0.15, 0.2) is 12.1 Å². The van der Waals surface area contributed by atoms with Crippen LogP contribution in [0.4, 0.5) is 13.2 Å². The molecule has 1 nitrogen and oxygen atoms in total. The third-order valence-corrected chi connectivity index (χ3v) is 8.91. The first-order valence-corrected chi connectivity index (χ1v) is 13.3. The van der Waals surface area contributed by atoms with Crippen molar-refractivity contribution >= 4 is 0 Å². The highest BCUT2D eigenvalue weighted by Gasteiger charge is 2.38. The molecule has 0 N–H and O–H groups in total. The van der Waals surface area contributed by atoms with Crippen LogP contribution in [0.2, 0.25) is 0 Å². The van der Waals surface area contributed by atoms with E-state index < -0.39 is 12.4 Å². The SMILES string of the molecule is CCCCCCCC1CCC2CC(C3CCc4c(ccc(OC(F)F)c4F)C3)CCC2C1. The third kappa shape index (κ3) is 5.83. The van der Waals surface area contributed by atoms with E-state index in [0.29, 0.717) is 17.9 Å². The zero-order valence-corrected chi connectivity index (χ0v) is 19.8. The molecule has 0 aromatic heterocycles. The molecule has 3 aliphatic rings. The Kier molecular flexibility index (Phi) is 8.45. The molecule has 4 rings (SSSR count). The van der Waals surface area contributed by atoms with E-state index >= 15 is 0 Å². The first-order chi connectivity index (χ1) is 15.5. The molecular formula is C28H41F3O. The van der Waals surface area contributed by atoms with Crippen molar-refractivity contribution in [3.05, 3.63) is 29.1 Å². The number of ether oxygens (including phenoxy) is 1. The van der Waals surface area contributed by atoms with Crippen molar-refractivity contribution in [2.45, 2.75) is 110 Å². The lowest BCUT2D eigenvalue weighted by atomic mass is 9.61. The number of rotatable bonds is 9. The van der Waals surface area contributed by atoms with E-state index in [1.54, 1.807) is 0 Å². The van der Waals surface area contributed by atoms with Gasteiger partial charge in [0.05, 0.1) is 0 Å². The van der Waals surface area contributed by atoms with Gasteiger partial charge in [-0.2, -0.15) is 8.78 Å². The van der Waals surface area contributed by atoms with Gasteiger partial charge in [0.1, 0.15) is 0 Å². The number of hydrogen-bond acceptors (Lipinski definition) is 1. The highest BCUT2D eigenvalue weighted by molar-refractivity contribution is 5.39. The fourth-order valence-electron chi connectivity index (χ4n) is 7.15. The van der Waals surface area contributed by atoms with Crippen molar-refractivity contribution in [2.24, 2.45) is 29.6 Å². The van der Waals surface area contributed by atoms with Crippen molar-refractivity contribution in [1.82, 2.24) is 0 Å². The summed E-state index contributed by atoms with van der Waals surface area (Å²) < 4.78 is 44.0. The molecule has 0 radical (unpaired) electrons. The molecule has 5 atom stereocenters. The van der Waals surface area contributed by atoms with Crippen LogP contribution >= 0.6 is 0 Å². The summed E-state index contributed by atoms with van der Waals surface area (Å²) in [6.45, 7) is -0.700. The normalized spacial score (nSPS) is 30.1. The van der Waals surface area contributed by atoms with Crippen molar-refractivity contribution in [1.29, 1.82) is 0 Å². The Hall–Kier alpha value is -1.19. The summed E-state index contributed by atoms with van der Waals surface area (Å²) in [5, 5.41) is 0. The van der Waals surface area contributed by atoms with E-state index in [0.717, 1.165) is 42.1 Å². The van der Waals surface area contributed by atoms with Crippen LogP contribution in [0.3, 0.4) is 0 Å². The molecule has 0 spiro atoms. The smallest absolute Gasteiger partial charge is 0.387 e. The molecule has 180 valence electrons. The van der Waals surface area contributed by atoms with Gasteiger partial charge in [0, 0.05) is 0 Å². The van der Waals surface area contributed by atoms with Gasteiger partial charge in [0.15, 0.2) is 11.6 Å². The zero-order valence-electron chi connectivity index (χ0n) is 19.8. The Balaban J connectivity index is 1.27. The second-order valence-corrected chi connectivity index (χ2v) is 10.9. The van der Waals surface area contributed by atoms with Gasteiger partial charge in [-0.3, -0.25) is 0 Å². The summed E-state index contributed by atoms with van der Waals surface area (Å²) in [6.07, 6.45) is 19.3. The number of fused-ring (bicyclic) bond motifs is 2. The quantitative estimate of drug-likeness (QED) is 0.342. The summed E-state index contributed by atoms with van der Waals surface area (Å²) in [6, 6.07) is 3.21. The van der Waals surface area contributed by atoms with Gasteiger partial charge < -0.3 is 4.74 Å². The summed E-state index contributed by atoms with van der Waals surface area (Å²) in [5.74, 6) is 3.27. The molecular weight excluding hydrogens is 409 g/mol. The summed E-state index contributed by atoms with van der Waals surface area (Å²) in [4.78, 5) is 0. The molecule has 2 saturated carbocycles. The molecule has 0 amide bonds.